The third kappa shape index (κ3) is 4.13. The van der Waals surface area contributed by atoms with Crippen LogP contribution in [-0.4, -0.2) is 10.7 Å². The smallest absolute Gasteiger partial charge is 0.280 e. The summed E-state index contributed by atoms with van der Waals surface area (Å²) in [7, 11) is 0. The fraction of sp³-hybridized carbons (Fsp3) is 0.0952. The molecule has 130 valence electrons. The molecule has 0 aliphatic rings. The zero-order chi connectivity index (χ0) is 18.4. The van der Waals surface area contributed by atoms with Gasteiger partial charge in [0.15, 0.2) is 5.78 Å². The summed E-state index contributed by atoms with van der Waals surface area (Å²) >= 11 is 0. The van der Waals surface area contributed by atoms with E-state index in [1.165, 1.54) is 12.1 Å². The number of nitro groups is 1. The molecule has 3 aromatic carbocycles. The second kappa shape index (κ2) is 8.07. The standard InChI is InChI=1S/C21H18N2O3/c24-21(18-13-7-8-14-20(18)23(25)26)15-19(16-9-3-1-4-10-16)22-17-11-5-2-6-12-17/h1-14,19,22H,15H2. The Kier molecular flexibility index (Phi) is 5.39. The number of carbonyl (C=O) groups excluding carboxylic acids is 1. The molecule has 0 bridgehead atoms. The number of benzene rings is 3. The second-order valence-corrected chi connectivity index (χ2v) is 5.88. The van der Waals surface area contributed by atoms with Crippen molar-refractivity contribution < 1.29 is 9.72 Å². The van der Waals surface area contributed by atoms with Gasteiger partial charge in [0, 0.05) is 18.2 Å². The van der Waals surface area contributed by atoms with Crippen LogP contribution in [0.4, 0.5) is 11.4 Å². The SMILES string of the molecule is O=C(CC(Nc1ccccc1)c1ccccc1)c1ccccc1[N+](=O)[O-]. The van der Waals surface area contributed by atoms with Crippen LogP contribution in [0, 0.1) is 10.1 Å². The van der Waals surface area contributed by atoms with Crippen molar-refractivity contribution in [3.63, 3.8) is 0 Å². The molecule has 0 saturated carbocycles. The number of Topliss-reactive ketones (excluding diaryl/α,β-unsaturated/α-hetero) is 1. The molecule has 1 unspecified atom stereocenters. The van der Waals surface area contributed by atoms with Crippen molar-refractivity contribution in [3.8, 4) is 0 Å². The van der Waals surface area contributed by atoms with Gasteiger partial charge < -0.3 is 5.32 Å². The summed E-state index contributed by atoms with van der Waals surface area (Å²) in [6, 6.07) is 25.0. The first-order valence-corrected chi connectivity index (χ1v) is 8.28. The van der Waals surface area contributed by atoms with E-state index in [1.54, 1.807) is 12.1 Å². The maximum Gasteiger partial charge on any atom is 0.280 e. The molecule has 0 radical (unpaired) electrons. The Labute approximate surface area is 151 Å². The maximum atomic E-state index is 12.8. The lowest BCUT2D eigenvalue weighted by atomic mass is 9.96. The molecule has 26 heavy (non-hydrogen) atoms. The van der Waals surface area contributed by atoms with E-state index in [9.17, 15) is 14.9 Å². The average molecular weight is 346 g/mol. The van der Waals surface area contributed by atoms with Crippen molar-refractivity contribution in [3.05, 3.63) is 106 Å². The Balaban J connectivity index is 1.88. The van der Waals surface area contributed by atoms with Gasteiger partial charge in [-0.25, -0.2) is 0 Å². The predicted molar refractivity (Wildman–Crippen MR) is 101 cm³/mol. The summed E-state index contributed by atoms with van der Waals surface area (Å²) in [4.78, 5) is 23.5. The number of carbonyl (C=O) groups is 1. The Morgan fingerprint density at radius 2 is 1.46 bits per heavy atom. The lowest BCUT2D eigenvalue weighted by Gasteiger charge is -2.20. The van der Waals surface area contributed by atoms with Crippen molar-refractivity contribution >= 4 is 17.2 Å². The van der Waals surface area contributed by atoms with Crippen LogP contribution in [-0.2, 0) is 0 Å². The zero-order valence-electron chi connectivity index (χ0n) is 14.0. The molecule has 1 atom stereocenters. The Morgan fingerprint density at radius 1 is 0.885 bits per heavy atom. The third-order valence-corrected chi connectivity index (χ3v) is 4.11. The molecule has 0 aliphatic carbocycles. The first-order chi connectivity index (χ1) is 12.6. The van der Waals surface area contributed by atoms with Gasteiger partial charge in [0.1, 0.15) is 0 Å². The molecule has 0 aromatic heterocycles. The molecule has 5 heteroatoms. The first kappa shape index (κ1) is 17.4. The molecule has 0 saturated heterocycles. The van der Waals surface area contributed by atoms with Crippen LogP contribution in [0.15, 0.2) is 84.9 Å². The minimum absolute atomic E-state index is 0.115. The first-order valence-electron chi connectivity index (χ1n) is 8.28. The highest BCUT2D eigenvalue weighted by Gasteiger charge is 2.23. The van der Waals surface area contributed by atoms with E-state index in [1.807, 2.05) is 60.7 Å². The van der Waals surface area contributed by atoms with Crippen LogP contribution in [0.5, 0.6) is 0 Å². The number of hydrogen-bond acceptors (Lipinski definition) is 4. The average Bonchev–Trinajstić information content (AvgIpc) is 2.69. The van der Waals surface area contributed by atoms with E-state index in [-0.39, 0.29) is 29.5 Å². The van der Waals surface area contributed by atoms with E-state index in [0.717, 1.165) is 11.3 Å². The quantitative estimate of drug-likeness (QED) is 0.370. The van der Waals surface area contributed by atoms with Crippen molar-refractivity contribution in [2.75, 3.05) is 5.32 Å². The summed E-state index contributed by atoms with van der Waals surface area (Å²) < 4.78 is 0. The van der Waals surface area contributed by atoms with E-state index in [0.29, 0.717) is 0 Å². The van der Waals surface area contributed by atoms with Crippen LogP contribution in [0.3, 0.4) is 0 Å². The van der Waals surface area contributed by atoms with Gasteiger partial charge in [-0.3, -0.25) is 14.9 Å². The van der Waals surface area contributed by atoms with Gasteiger partial charge in [-0.15, -0.1) is 0 Å². The Bertz CT molecular complexity index is 895. The minimum atomic E-state index is -0.518. The van der Waals surface area contributed by atoms with Crippen molar-refractivity contribution in [2.45, 2.75) is 12.5 Å². The van der Waals surface area contributed by atoms with Gasteiger partial charge in [-0.05, 0) is 23.8 Å². The maximum absolute atomic E-state index is 12.8. The fourth-order valence-electron chi connectivity index (χ4n) is 2.84. The van der Waals surface area contributed by atoms with E-state index < -0.39 is 4.92 Å². The Hall–Kier alpha value is -3.47. The molecule has 0 fully saturated rings. The van der Waals surface area contributed by atoms with Crippen LogP contribution < -0.4 is 5.32 Å². The monoisotopic (exact) mass is 346 g/mol. The van der Waals surface area contributed by atoms with Gasteiger partial charge in [-0.2, -0.15) is 0 Å². The van der Waals surface area contributed by atoms with E-state index >= 15 is 0 Å². The molecule has 5 nitrogen and oxygen atoms in total. The number of ketones is 1. The summed E-state index contributed by atoms with van der Waals surface area (Å²) in [5, 5.41) is 14.6. The van der Waals surface area contributed by atoms with Crippen LogP contribution >= 0.6 is 0 Å². The van der Waals surface area contributed by atoms with Crippen molar-refractivity contribution in [1.82, 2.24) is 0 Å². The number of rotatable bonds is 7. The molecule has 0 aliphatic heterocycles. The molecule has 0 heterocycles. The predicted octanol–water partition coefficient (Wildman–Crippen LogP) is 5.02. The lowest BCUT2D eigenvalue weighted by molar-refractivity contribution is -0.385. The lowest BCUT2D eigenvalue weighted by Crippen LogP contribution is -2.16. The number of anilines is 1. The zero-order valence-corrected chi connectivity index (χ0v) is 14.0. The molecule has 0 amide bonds. The highest BCUT2D eigenvalue weighted by molar-refractivity contribution is 6.00. The second-order valence-electron chi connectivity index (χ2n) is 5.88. The van der Waals surface area contributed by atoms with Gasteiger partial charge in [0.25, 0.3) is 5.69 Å². The number of nitro benzene ring substituents is 1. The summed E-state index contributed by atoms with van der Waals surface area (Å²) in [5.41, 5.74) is 1.80. The highest BCUT2D eigenvalue weighted by atomic mass is 16.6. The van der Waals surface area contributed by atoms with Crippen molar-refractivity contribution in [2.24, 2.45) is 0 Å². The van der Waals surface area contributed by atoms with Crippen molar-refractivity contribution in [1.29, 1.82) is 0 Å². The summed E-state index contributed by atoms with van der Waals surface area (Å²) in [5.74, 6) is -0.269. The van der Waals surface area contributed by atoms with E-state index in [2.05, 4.69) is 5.32 Å². The molecule has 3 aromatic rings. The topological polar surface area (TPSA) is 72.2 Å². The molecular formula is C21H18N2O3. The fourth-order valence-corrected chi connectivity index (χ4v) is 2.84. The minimum Gasteiger partial charge on any atom is -0.378 e. The molecule has 0 spiro atoms. The van der Waals surface area contributed by atoms with E-state index in [4.69, 9.17) is 0 Å². The van der Waals surface area contributed by atoms with Crippen LogP contribution in [0.2, 0.25) is 0 Å². The number of para-hydroxylation sites is 2. The number of nitrogens with one attached hydrogen (secondary N) is 1. The largest absolute Gasteiger partial charge is 0.378 e. The Morgan fingerprint density at radius 3 is 2.12 bits per heavy atom. The van der Waals surface area contributed by atoms with Gasteiger partial charge in [0.2, 0.25) is 0 Å². The van der Waals surface area contributed by atoms with Crippen LogP contribution in [0.25, 0.3) is 0 Å². The molecular weight excluding hydrogens is 328 g/mol. The van der Waals surface area contributed by atoms with Crippen LogP contribution in [0.1, 0.15) is 28.4 Å². The highest BCUT2D eigenvalue weighted by Crippen LogP contribution is 2.27. The number of hydrogen-bond donors (Lipinski definition) is 1. The third-order valence-electron chi connectivity index (χ3n) is 4.11. The van der Waals surface area contributed by atoms with Gasteiger partial charge >= 0.3 is 0 Å². The summed E-state index contributed by atoms with van der Waals surface area (Å²) in [6.07, 6.45) is 0.115. The normalized spacial score (nSPS) is 11.5. The number of nitrogens with zero attached hydrogens (tertiary/aromatic N) is 1. The summed E-state index contributed by atoms with van der Waals surface area (Å²) in [6.45, 7) is 0. The molecule has 1 N–H and O–H groups in total. The molecule has 3 rings (SSSR count). The van der Waals surface area contributed by atoms with Gasteiger partial charge in [-0.1, -0.05) is 60.7 Å². The van der Waals surface area contributed by atoms with Gasteiger partial charge in [0.05, 0.1) is 16.5 Å².